The Balaban J connectivity index is 1.79. The van der Waals surface area contributed by atoms with E-state index < -0.39 is 0 Å². The van der Waals surface area contributed by atoms with Crippen molar-refractivity contribution in [3.63, 3.8) is 0 Å². The molecule has 0 aliphatic rings. The Labute approximate surface area is 144 Å². The molecule has 1 aromatic heterocycles. The maximum absolute atomic E-state index is 4.37. The average molecular weight is 333 g/mol. The number of nitrogens with zero attached hydrogens (tertiary/aromatic N) is 3. The van der Waals surface area contributed by atoms with E-state index in [1.807, 2.05) is 0 Å². The van der Waals surface area contributed by atoms with Crippen LogP contribution in [0.25, 0.3) is 0 Å². The summed E-state index contributed by atoms with van der Waals surface area (Å²) < 4.78 is 2.27. The van der Waals surface area contributed by atoms with Gasteiger partial charge in [0.25, 0.3) is 0 Å². The zero-order chi connectivity index (χ0) is 16.7. The Bertz CT molecular complexity index is 607. The zero-order valence-electron chi connectivity index (χ0n) is 14.7. The fourth-order valence-corrected chi connectivity index (χ4v) is 3.15. The quantitative estimate of drug-likeness (QED) is 0.562. The Morgan fingerprint density at radius 1 is 1.26 bits per heavy atom. The number of aromatic nitrogens is 3. The maximum Gasteiger partial charge on any atom is 0.190 e. The normalized spacial score (nSPS) is 11.3. The van der Waals surface area contributed by atoms with E-state index in [1.54, 1.807) is 11.8 Å². The molecule has 1 N–H and O–H groups in total. The molecule has 1 heterocycles. The summed E-state index contributed by atoms with van der Waals surface area (Å²) in [7, 11) is 0. The molecule has 0 aliphatic heterocycles. The van der Waals surface area contributed by atoms with Gasteiger partial charge >= 0.3 is 0 Å². The van der Waals surface area contributed by atoms with Gasteiger partial charge in [0.05, 0.1) is 0 Å². The fraction of sp³-hybridized carbons (Fsp3) is 0.556. The Kier molecular flexibility index (Phi) is 7.12. The van der Waals surface area contributed by atoms with Crippen molar-refractivity contribution in [3.05, 3.63) is 41.2 Å². The third kappa shape index (κ3) is 5.66. The molecule has 1 aromatic carbocycles. The van der Waals surface area contributed by atoms with E-state index in [0.717, 1.165) is 43.5 Å². The fourth-order valence-electron chi connectivity index (χ4n) is 2.63. The van der Waals surface area contributed by atoms with Gasteiger partial charge in [-0.2, -0.15) is 0 Å². The summed E-state index contributed by atoms with van der Waals surface area (Å²) in [4.78, 5) is 0. The molecule has 0 radical (unpaired) electrons. The monoisotopic (exact) mass is 332 g/mol. The lowest BCUT2D eigenvalue weighted by Gasteiger charge is -2.11. The van der Waals surface area contributed by atoms with Crippen LogP contribution in [0, 0.1) is 12.8 Å². The van der Waals surface area contributed by atoms with Gasteiger partial charge < -0.3 is 9.88 Å². The lowest BCUT2D eigenvalue weighted by Crippen LogP contribution is -2.17. The van der Waals surface area contributed by atoms with Gasteiger partial charge in [0.15, 0.2) is 5.16 Å². The largest absolute Gasteiger partial charge is 0.313 e. The van der Waals surface area contributed by atoms with Crippen LogP contribution in [0.4, 0.5) is 0 Å². The first kappa shape index (κ1) is 18.0. The van der Waals surface area contributed by atoms with Crippen molar-refractivity contribution in [3.8, 4) is 0 Å². The van der Waals surface area contributed by atoms with E-state index in [-0.39, 0.29) is 0 Å². The van der Waals surface area contributed by atoms with Gasteiger partial charge in [-0.3, -0.25) is 0 Å². The molecule has 2 aromatic rings. The van der Waals surface area contributed by atoms with Crippen LogP contribution in [0.5, 0.6) is 0 Å². The standard InChI is InChI=1S/C18H28N4S/c1-14(2)13-22-17(20-21-18(22)23-4)9-6-10-19-12-16-8-5-7-15(3)11-16/h5,7-8,11,14,19H,6,9-10,12-13H2,1-4H3. The summed E-state index contributed by atoms with van der Waals surface area (Å²) in [5, 5.41) is 13.2. The Morgan fingerprint density at radius 2 is 2.09 bits per heavy atom. The predicted molar refractivity (Wildman–Crippen MR) is 97.8 cm³/mol. The first-order valence-corrected chi connectivity index (χ1v) is 9.55. The van der Waals surface area contributed by atoms with Crippen molar-refractivity contribution >= 4 is 11.8 Å². The van der Waals surface area contributed by atoms with E-state index in [9.17, 15) is 0 Å². The van der Waals surface area contributed by atoms with Crippen molar-refractivity contribution in [2.75, 3.05) is 12.8 Å². The van der Waals surface area contributed by atoms with Gasteiger partial charge in [-0.25, -0.2) is 0 Å². The van der Waals surface area contributed by atoms with Gasteiger partial charge in [-0.15, -0.1) is 10.2 Å². The second kappa shape index (κ2) is 9.08. The van der Waals surface area contributed by atoms with Gasteiger partial charge in [0, 0.05) is 19.5 Å². The molecule has 23 heavy (non-hydrogen) atoms. The highest BCUT2D eigenvalue weighted by atomic mass is 32.2. The van der Waals surface area contributed by atoms with E-state index in [2.05, 4.69) is 71.4 Å². The third-order valence-corrected chi connectivity index (χ3v) is 4.36. The van der Waals surface area contributed by atoms with E-state index in [4.69, 9.17) is 0 Å². The number of hydrogen-bond acceptors (Lipinski definition) is 4. The first-order valence-electron chi connectivity index (χ1n) is 8.32. The molecule has 0 aliphatic carbocycles. The van der Waals surface area contributed by atoms with E-state index in [1.165, 1.54) is 11.1 Å². The number of aryl methyl sites for hydroxylation is 2. The predicted octanol–water partition coefficient (Wildman–Crippen LogP) is 3.69. The van der Waals surface area contributed by atoms with Gasteiger partial charge in [-0.05, 0) is 37.6 Å². The number of thioether (sulfide) groups is 1. The molecule has 4 nitrogen and oxygen atoms in total. The molecule has 0 spiro atoms. The van der Waals surface area contributed by atoms with Crippen molar-refractivity contribution < 1.29 is 0 Å². The molecule has 0 amide bonds. The summed E-state index contributed by atoms with van der Waals surface area (Å²) in [6.45, 7) is 9.52. The number of nitrogens with one attached hydrogen (secondary N) is 1. The molecule has 0 bridgehead atoms. The molecule has 0 fully saturated rings. The number of rotatable bonds is 9. The summed E-state index contributed by atoms with van der Waals surface area (Å²) in [5.74, 6) is 1.72. The van der Waals surface area contributed by atoms with E-state index >= 15 is 0 Å². The minimum absolute atomic E-state index is 0.607. The van der Waals surface area contributed by atoms with Gasteiger partial charge in [0.1, 0.15) is 5.82 Å². The Morgan fingerprint density at radius 3 is 2.78 bits per heavy atom. The summed E-state index contributed by atoms with van der Waals surface area (Å²) in [5.41, 5.74) is 2.66. The van der Waals surface area contributed by atoms with Crippen LogP contribution in [0.1, 0.15) is 37.2 Å². The van der Waals surface area contributed by atoms with Gasteiger partial charge in [-0.1, -0.05) is 55.4 Å². The smallest absolute Gasteiger partial charge is 0.190 e. The third-order valence-electron chi connectivity index (χ3n) is 3.69. The lowest BCUT2D eigenvalue weighted by molar-refractivity contribution is 0.475. The Hall–Kier alpha value is -1.33. The molecular weight excluding hydrogens is 304 g/mol. The van der Waals surface area contributed by atoms with Gasteiger partial charge in [0.2, 0.25) is 0 Å². The molecule has 0 saturated carbocycles. The highest BCUT2D eigenvalue weighted by molar-refractivity contribution is 7.98. The highest BCUT2D eigenvalue weighted by Crippen LogP contribution is 2.16. The van der Waals surface area contributed by atoms with Crippen molar-refractivity contribution in [2.24, 2.45) is 5.92 Å². The molecular formula is C18H28N4S. The minimum atomic E-state index is 0.607. The topological polar surface area (TPSA) is 42.7 Å². The molecule has 126 valence electrons. The second-order valence-electron chi connectivity index (χ2n) is 6.38. The summed E-state index contributed by atoms with van der Waals surface area (Å²) in [6, 6.07) is 8.65. The number of benzene rings is 1. The van der Waals surface area contributed by atoms with Crippen LogP contribution in [0.3, 0.4) is 0 Å². The minimum Gasteiger partial charge on any atom is -0.313 e. The van der Waals surface area contributed by atoms with Crippen molar-refractivity contribution in [1.82, 2.24) is 20.1 Å². The van der Waals surface area contributed by atoms with Crippen LogP contribution in [-0.4, -0.2) is 27.6 Å². The maximum atomic E-state index is 4.37. The van der Waals surface area contributed by atoms with E-state index in [0.29, 0.717) is 5.92 Å². The molecule has 0 atom stereocenters. The van der Waals surface area contributed by atoms with Crippen LogP contribution in [0.2, 0.25) is 0 Å². The highest BCUT2D eigenvalue weighted by Gasteiger charge is 2.12. The van der Waals surface area contributed by atoms with Crippen molar-refractivity contribution in [2.45, 2.75) is 51.9 Å². The van der Waals surface area contributed by atoms with Crippen molar-refractivity contribution in [1.29, 1.82) is 0 Å². The molecule has 2 rings (SSSR count). The number of hydrogen-bond donors (Lipinski definition) is 1. The molecule has 0 unspecified atom stereocenters. The van der Waals surface area contributed by atoms with Crippen LogP contribution in [0.15, 0.2) is 29.4 Å². The summed E-state index contributed by atoms with van der Waals surface area (Å²) >= 11 is 1.67. The molecule has 5 heteroatoms. The summed E-state index contributed by atoms with van der Waals surface area (Å²) in [6.07, 6.45) is 4.12. The van der Waals surface area contributed by atoms with Crippen LogP contribution in [-0.2, 0) is 19.5 Å². The SMILES string of the molecule is CSc1nnc(CCCNCc2cccc(C)c2)n1CC(C)C. The first-order chi connectivity index (χ1) is 11.1. The van der Waals surface area contributed by atoms with Crippen LogP contribution < -0.4 is 5.32 Å². The zero-order valence-corrected chi connectivity index (χ0v) is 15.5. The van der Waals surface area contributed by atoms with Crippen LogP contribution >= 0.6 is 11.8 Å². The lowest BCUT2D eigenvalue weighted by atomic mass is 10.1. The second-order valence-corrected chi connectivity index (χ2v) is 7.15. The average Bonchev–Trinajstić information content (AvgIpc) is 2.88. The molecule has 0 saturated heterocycles.